The van der Waals surface area contributed by atoms with Gasteiger partial charge >= 0.3 is 0 Å². The highest BCUT2D eigenvalue weighted by molar-refractivity contribution is 6.14. The standard InChI is InChI=1S/C23H20N2O2/c1-14(2)20-13-22(26)25-21-12-18(9-10-19(20)21)24-23(27)17-8-7-15-5-3-4-6-16(15)11-17/h3-14,19H,1-2H3,(H,25,26). The maximum Gasteiger partial charge on any atom is 0.277 e. The molecule has 1 atom stereocenters. The van der Waals surface area contributed by atoms with Gasteiger partial charge in [-0.3, -0.25) is 9.59 Å². The number of nitrogens with one attached hydrogen (secondary N) is 1. The number of benzene rings is 2. The molecule has 0 aromatic heterocycles. The molecule has 1 N–H and O–H groups in total. The Morgan fingerprint density at radius 3 is 2.63 bits per heavy atom. The van der Waals surface area contributed by atoms with E-state index in [-0.39, 0.29) is 23.7 Å². The second-order valence-corrected chi connectivity index (χ2v) is 7.13. The SMILES string of the molecule is CC(C)C1=CC(=O)NC2=CC(=NC(=O)c3ccc4ccccc4c3)C=CC21. The van der Waals surface area contributed by atoms with Crippen molar-refractivity contribution in [3.63, 3.8) is 0 Å². The molecule has 2 aromatic rings. The van der Waals surface area contributed by atoms with Crippen LogP contribution in [-0.4, -0.2) is 17.5 Å². The van der Waals surface area contributed by atoms with E-state index >= 15 is 0 Å². The number of hydrogen-bond donors (Lipinski definition) is 1. The van der Waals surface area contributed by atoms with E-state index in [0.717, 1.165) is 22.0 Å². The van der Waals surface area contributed by atoms with E-state index in [1.807, 2.05) is 48.6 Å². The summed E-state index contributed by atoms with van der Waals surface area (Å²) in [5.41, 5.74) is 2.94. The van der Waals surface area contributed by atoms with Gasteiger partial charge in [0.2, 0.25) is 5.91 Å². The van der Waals surface area contributed by atoms with Crippen LogP contribution < -0.4 is 5.32 Å². The molecule has 134 valence electrons. The van der Waals surface area contributed by atoms with Crippen LogP contribution in [-0.2, 0) is 4.79 Å². The summed E-state index contributed by atoms with van der Waals surface area (Å²) in [6, 6.07) is 13.5. The zero-order chi connectivity index (χ0) is 19.0. The summed E-state index contributed by atoms with van der Waals surface area (Å²) in [5.74, 6) is -0.113. The number of fused-ring (bicyclic) bond motifs is 2. The molecular formula is C23H20N2O2. The van der Waals surface area contributed by atoms with Gasteiger partial charge in [-0.15, -0.1) is 0 Å². The van der Waals surface area contributed by atoms with E-state index in [9.17, 15) is 9.59 Å². The Bertz CT molecular complexity index is 1070. The van der Waals surface area contributed by atoms with Crippen molar-refractivity contribution in [2.75, 3.05) is 0 Å². The van der Waals surface area contributed by atoms with Crippen LogP contribution in [0.4, 0.5) is 0 Å². The van der Waals surface area contributed by atoms with Gasteiger partial charge in [-0.25, -0.2) is 4.99 Å². The lowest BCUT2D eigenvalue weighted by atomic mass is 9.82. The second-order valence-electron chi connectivity index (χ2n) is 7.13. The highest BCUT2D eigenvalue weighted by Gasteiger charge is 2.27. The monoisotopic (exact) mass is 356 g/mol. The molecule has 2 aromatic carbocycles. The lowest BCUT2D eigenvalue weighted by molar-refractivity contribution is -0.116. The fourth-order valence-electron chi connectivity index (χ4n) is 3.52. The molecular weight excluding hydrogens is 336 g/mol. The molecule has 0 radical (unpaired) electrons. The van der Waals surface area contributed by atoms with Gasteiger partial charge < -0.3 is 5.32 Å². The second kappa shape index (κ2) is 6.80. The van der Waals surface area contributed by atoms with Crippen molar-refractivity contribution in [2.24, 2.45) is 16.8 Å². The molecule has 0 fully saturated rings. The summed E-state index contributed by atoms with van der Waals surface area (Å²) in [4.78, 5) is 28.8. The van der Waals surface area contributed by atoms with Crippen molar-refractivity contribution in [3.05, 3.63) is 83.6 Å². The number of carbonyl (C=O) groups excluding carboxylic acids is 2. The Labute approximate surface area is 158 Å². The first-order valence-corrected chi connectivity index (χ1v) is 9.05. The number of aliphatic imine (C=N–C) groups is 1. The molecule has 0 saturated carbocycles. The third-order valence-electron chi connectivity index (χ3n) is 4.92. The van der Waals surface area contributed by atoms with Crippen LogP contribution in [0.1, 0.15) is 24.2 Å². The maximum atomic E-state index is 12.6. The average molecular weight is 356 g/mol. The zero-order valence-electron chi connectivity index (χ0n) is 15.3. The molecule has 2 amide bonds. The predicted octanol–water partition coefficient (Wildman–Crippen LogP) is 4.20. The van der Waals surface area contributed by atoms with E-state index in [4.69, 9.17) is 0 Å². The fraction of sp³-hybridized carbons (Fsp3) is 0.174. The van der Waals surface area contributed by atoms with Crippen molar-refractivity contribution in [2.45, 2.75) is 13.8 Å². The Balaban J connectivity index is 1.63. The van der Waals surface area contributed by atoms with Crippen molar-refractivity contribution < 1.29 is 9.59 Å². The number of amides is 2. The Morgan fingerprint density at radius 2 is 1.85 bits per heavy atom. The van der Waals surface area contributed by atoms with Crippen molar-refractivity contribution >= 4 is 28.3 Å². The van der Waals surface area contributed by atoms with E-state index in [2.05, 4.69) is 24.2 Å². The number of allylic oxidation sites excluding steroid dienone is 3. The van der Waals surface area contributed by atoms with E-state index in [0.29, 0.717) is 11.3 Å². The number of hydrogen-bond acceptors (Lipinski definition) is 2. The molecule has 1 aliphatic heterocycles. The molecule has 1 heterocycles. The summed E-state index contributed by atoms with van der Waals surface area (Å²) in [6.45, 7) is 4.14. The normalized spacial score (nSPS) is 20.3. The third-order valence-corrected chi connectivity index (χ3v) is 4.92. The molecule has 0 bridgehead atoms. The average Bonchev–Trinajstić information content (AvgIpc) is 2.66. The molecule has 4 rings (SSSR count). The lowest BCUT2D eigenvalue weighted by Gasteiger charge is -2.29. The van der Waals surface area contributed by atoms with E-state index in [1.54, 1.807) is 18.2 Å². The highest BCUT2D eigenvalue weighted by atomic mass is 16.2. The highest BCUT2D eigenvalue weighted by Crippen LogP contribution is 2.31. The van der Waals surface area contributed by atoms with Gasteiger partial charge in [-0.05, 0) is 46.5 Å². The summed E-state index contributed by atoms with van der Waals surface area (Å²) in [5, 5.41) is 4.96. The van der Waals surface area contributed by atoms with Gasteiger partial charge in [-0.1, -0.05) is 50.3 Å². The first-order valence-electron chi connectivity index (χ1n) is 9.05. The summed E-state index contributed by atoms with van der Waals surface area (Å²) in [7, 11) is 0. The first-order chi connectivity index (χ1) is 13.0. The molecule has 1 aliphatic carbocycles. The third kappa shape index (κ3) is 3.38. The van der Waals surface area contributed by atoms with Crippen LogP contribution in [0.2, 0.25) is 0 Å². The van der Waals surface area contributed by atoms with Crippen LogP contribution >= 0.6 is 0 Å². The molecule has 0 saturated heterocycles. The number of rotatable bonds is 2. The van der Waals surface area contributed by atoms with Gasteiger partial charge in [0, 0.05) is 23.3 Å². The molecule has 27 heavy (non-hydrogen) atoms. The van der Waals surface area contributed by atoms with Crippen LogP contribution in [0, 0.1) is 11.8 Å². The van der Waals surface area contributed by atoms with Gasteiger partial charge in [0.05, 0.1) is 5.71 Å². The summed E-state index contributed by atoms with van der Waals surface area (Å²) in [6.07, 6.45) is 7.30. The van der Waals surface area contributed by atoms with Gasteiger partial charge in [-0.2, -0.15) is 0 Å². The van der Waals surface area contributed by atoms with Gasteiger partial charge in [0.25, 0.3) is 5.91 Å². The quantitative estimate of drug-likeness (QED) is 0.876. The summed E-state index contributed by atoms with van der Waals surface area (Å²) < 4.78 is 0. The van der Waals surface area contributed by atoms with Crippen molar-refractivity contribution in [1.82, 2.24) is 5.32 Å². The minimum absolute atomic E-state index is 0.0393. The molecule has 4 nitrogen and oxygen atoms in total. The lowest BCUT2D eigenvalue weighted by Crippen LogP contribution is -2.34. The maximum absolute atomic E-state index is 12.6. The van der Waals surface area contributed by atoms with Crippen LogP contribution in [0.25, 0.3) is 10.8 Å². The molecule has 4 heteroatoms. The van der Waals surface area contributed by atoms with Gasteiger partial charge in [0.1, 0.15) is 0 Å². The Morgan fingerprint density at radius 1 is 1.07 bits per heavy atom. The molecule has 0 spiro atoms. The number of carbonyl (C=O) groups is 2. The first kappa shape index (κ1) is 17.2. The van der Waals surface area contributed by atoms with Gasteiger partial charge in [0.15, 0.2) is 0 Å². The molecule has 2 aliphatic rings. The minimum Gasteiger partial charge on any atom is -0.325 e. The Kier molecular flexibility index (Phi) is 4.32. The summed E-state index contributed by atoms with van der Waals surface area (Å²) >= 11 is 0. The zero-order valence-corrected chi connectivity index (χ0v) is 15.3. The fourth-order valence-corrected chi connectivity index (χ4v) is 3.52. The minimum atomic E-state index is -0.294. The van der Waals surface area contributed by atoms with Crippen LogP contribution in [0.15, 0.2) is 83.0 Å². The number of nitrogens with zero attached hydrogens (tertiary/aromatic N) is 1. The largest absolute Gasteiger partial charge is 0.325 e. The van der Waals surface area contributed by atoms with Crippen LogP contribution in [0.5, 0.6) is 0 Å². The topological polar surface area (TPSA) is 58.5 Å². The predicted molar refractivity (Wildman–Crippen MR) is 107 cm³/mol. The Hall–Kier alpha value is -3.27. The van der Waals surface area contributed by atoms with Crippen molar-refractivity contribution in [3.8, 4) is 0 Å². The molecule has 1 unspecified atom stereocenters. The smallest absolute Gasteiger partial charge is 0.277 e. The van der Waals surface area contributed by atoms with Crippen LogP contribution in [0.3, 0.4) is 0 Å². The van der Waals surface area contributed by atoms with E-state index in [1.165, 1.54) is 0 Å². The van der Waals surface area contributed by atoms with E-state index < -0.39 is 0 Å². The van der Waals surface area contributed by atoms with Crippen molar-refractivity contribution in [1.29, 1.82) is 0 Å².